The van der Waals surface area contributed by atoms with Crippen LogP contribution in [0.15, 0.2) is 51.9 Å². The molecule has 164 valence electrons. The number of sulfonamides is 1. The van der Waals surface area contributed by atoms with E-state index >= 15 is 0 Å². The first-order valence-electron chi connectivity index (χ1n) is 9.75. The summed E-state index contributed by atoms with van der Waals surface area (Å²) in [6.07, 6.45) is 0.540. The molecule has 0 spiro atoms. The van der Waals surface area contributed by atoms with Crippen LogP contribution in [0, 0.1) is 6.92 Å². The Labute approximate surface area is 181 Å². The van der Waals surface area contributed by atoms with Crippen molar-refractivity contribution in [2.75, 3.05) is 12.4 Å². The number of carbonyl (C=O) groups is 1. The fourth-order valence-electron chi connectivity index (χ4n) is 3.21. The van der Waals surface area contributed by atoms with Crippen LogP contribution in [0.4, 0.5) is 5.88 Å². The molecular weight excluding hydrogens is 418 g/mol. The Balaban J connectivity index is 2.02. The Bertz CT molecular complexity index is 1200. The molecule has 1 amide bonds. The predicted octanol–water partition coefficient (Wildman–Crippen LogP) is 3.66. The van der Waals surface area contributed by atoms with E-state index in [4.69, 9.17) is 9.26 Å². The van der Waals surface area contributed by atoms with E-state index in [0.717, 1.165) is 11.1 Å². The normalized spacial score (nSPS) is 11.4. The molecule has 0 unspecified atom stereocenters. The van der Waals surface area contributed by atoms with Gasteiger partial charge in [-0.25, -0.2) is 13.1 Å². The number of hydrogen-bond acceptors (Lipinski definition) is 6. The van der Waals surface area contributed by atoms with Crippen molar-refractivity contribution in [3.8, 4) is 16.9 Å². The van der Waals surface area contributed by atoms with E-state index in [2.05, 4.69) is 15.2 Å². The molecule has 0 bridgehead atoms. The molecule has 0 saturated heterocycles. The summed E-state index contributed by atoms with van der Waals surface area (Å²) in [7, 11) is -2.49. The Morgan fingerprint density at radius 2 is 1.94 bits per heavy atom. The zero-order chi connectivity index (χ0) is 22.6. The second-order valence-corrected chi connectivity index (χ2v) is 8.72. The molecule has 0 saturated carbocycles. The third-order valence-corrected chi connectivity index (χ3v) is 6.27. The average molecular weight is 444 g/mol. The number of ether oxygens (including phenoxy) is 1. The van der Waals surface area contributed by atoms with Crippen LogP contribution < -0.4 is 14.8 Å². The van der Waals surface area contributed by atoms with Gasteiger partial charge >= 0.3 is 0 Å². The molecule has 0 aliphatic rings. The van der Waals surface area contributed by atoms with Crippen molar-refractivity contribution in [3.63, 3.8) is 0 Å². The second-order valence-electron chi connectivity index (χ2n) is 6.98. The Hall–Kier alpha value is -3.17. The van der Waals surface area contributed by atoms with Crippen LogP contribution in [0.2, 0.25) is 0 Å². The Morgan fingerprint density at radius 1 is 1.19 bits per heavy atom. The van der Waals surface area contributed by atoms with Gasteiger partial charge in [0.2, 0.25) is 21.8 Å². The SMILES string of the molecule is CCc1noc(NC(C)=O)c1-c1ccc(OC)c(S(=O)(=O)NCc2ccccc2C)c1. The van der Waals surface area contributed by atoms with E-state index in [1.807, 2.05) is 38.1 Å². The van der Waals surface area contributed by atoms with Crippen molar-refractivity contribution in [3.05, 3.63) is 59.3 Å². The Kier molecular flexibility index (Phi) is 6.77. The lowest BCUT2D eigenvalue weighted by Crippen LogP contribution is -2.24. The van der Waals surface area contributed by atoms with Crippen molar-refractivity contribution in [2.45, 2.75) is 38.6 Å². The summed E-state index contributed by atoms with van der Waals surface area (Å²) in [4.78, 5) is 11.5. The first-order valence-corrected chi connectivity index (χ1v) is 11.2. The highest BCUT2D eigenvalue weighted by atomic mass is 32.2. The van der Waals surface area contributed by atoms with Gasteiger partial charge in [0.15, 0.2) is 0 Å². The van der Waals surface area contributed by atoms with Gasteiger partial charge in [0.25, 0.3) is 0 Å². The summed E-state index contributed by atoms with van der Waals surface area (Å²) < 4.78 is 39.5. The maximum atomic E-state index is 13.1. The molecule has 9 heteroatoms. The summed E-state index contributed by atoms with van der Waals surface area (Å²) in [5.74, 6) is 0.0589. The fraction of sp³-hybridized carbons (Fsp3) is 0.273. The molecule has 0 radical (unpaired) electrons. The van der Waals surface area contributed by atoms with Crippen molar-refractivity contribution >= 4 is 21.8 Å². The zero-order valence-electron chi connectivity index (χ0n) is 17.9. The number of anilines is 1. The van der Waals surface area contributed by atoms with Gasteiger partial charge in [-0.2, -0.15) is 0 Å². The lowest BCUT2D eigenvalue weighted by Gasteiger charge is -2.14. The molecular formula is C22H25N3O5S. The molecule has 8 nitrogen and oxygen atoms in total. The van der Waals surface area contributed by atoms with Crippen molar-refractivity contribution in [1.82, 2.24) is 9.88 Å². The third-order valence-electron chi connectivity index (χ3n) is 4.84. The zero-order valence-corrected chi connectivity index (χ0v) is 18.7. The Morgan fingerprint density at radius 3 is 2.58 bits per heavy atom. The molecule has 0 fully saturated rings. The van der Waals surface area contributed by atoms with Crippen molar-refractivity contribution in [2.24, 2.45) is 0 Å². The van der Waals surface area contributed by atoms with E-state index in [9.17, 15) is 13.2 Å². The second kappa shape index (κ2) is 9.32. The maximum absolute atomic E-state index is 13.1. The van der Waals surface area contributed by atoms with Gasteiger partial charge in [-0.1, -0.05) is 42.4 Å². The minimum atomic E-state index is -3.90. The van der Waals surface area contributed by atoms with Crippen LogP contribution in [-0.4, -0.2) is 26.6 Å². The van der Waals surface area contributed by atoms with Crippen LogP contribution in [0.25, 0.3) is 11.1 Å². The summed E-state index contributed by atoms with van der Waals surface area (Å²) in [5, 5.41) is 6.60. The van der Waals surface area contributed by atoms with Crippen molar-refractivity contribution in [1.29, 1.82) is 0 Å². The highest BCUT2D eigenvalue weighted by Gasteiger charge is 2.24. The van der Waals surface area contributed by atoms with Gasteiger partial charge in [0.05, 0.1) is 18.4 Å². The van der Waals surface area contributed by atoms with E-state index in [1.165, 1.54) is 20.1 Å². The number of carbonyl (C=O) groups excluding carboxylic acids is 1. The number of nitrogens with one attached hydrogen (secondary N) is 2. The summed E-state index contributed by atoms with van der Waals surface area (Å²) in [5.41, 5.74) is 3.55. The summed E-state index contributed by atoms with van der Waals surface area (Å²) in [6.45, 7) is 5.32. The number of amides is 1. The van der Waals surface area contributed by atoms with Crippen LogP contribution in [0.1, 0.15) is 30.7 Å². The van der Waals surface area contributed by atoms with Crippen LogP contribution in [-0.2, 0) is 27.8 Å². The molecule has 0 aliphatic heterocycles. The number of rotatable bonds is 8. The predicted molar refractivity (Wildman–Crippen MR) is 117 cm³/mol. The monoisotopic (exact) mass is 443 g/mol. The quantitative estimate of drug-likeness (QED) is 0.550. The highest BCUT2D eigenvalue weighted by Crippen LogP contribution is 2.36. The van der Waals surface area contributed by atoms with Gasteiger partial charge in [-0.3, -0.25) is 10.1 Å². The molecule has 3 rings (SSSR count). The van der Waals surface area contributed by atoms with Gasteiger partial charge in [0.1, 0.15) is 10.6 Å². The van der Waals surface area contributed by atoms with E-state index < -0.39 is 10.0 Å². The van der Waals surface area contributed by atoms with E-state index in [1.54, 1.807) is 12.1 Å². The number of nitrogens with zero attached hydrogens (tertiary/aromatic N) is 1. The first-order chi connectivity index (χ1) is 14.8. The van der Waals surface area contributed by atoms with E-state index in [-0.39, 0.29) is 29.0 Å². The van der Waals surface area contributed by atoms with E-state index in [0.29, 0.717) is 23.2 Å². The number of methoxy groups -OCH3 is 1. The van der Waals surface area contributed by atoms with Gasteiger partial charge in [-0.05, 0) is 42.2 Å². The largest absolute Gasteiger partial charge is 0.495 e. The number of benzene rings is 2. The lowest BCUT2D eigenvalue weighted by molar-refractivity contribution is -0.114. The van der Waals surface area contributed by atoms with Crippen LogP contribution in [0.5, 0.6) is 5.75 Å². The standard InChI is InChI=1S/C22H25N3O5S/c1-5-18-21(22(30-25-18)24-15(3)26)16-10-11-19(29-4)20(12-16)31(27,28)23-13-17-9-7-6-8-14(17)2/h6-12,23H,5,13H2,1-4H3,(H,24,26). The van der Waals surface area contributed by atoms with Gasteiger partial charge in [-0.15, -0.1) is 0 Å². The van der Waals surface area contributed by atoms with Crippen molar-refractivity contribution < 1.29 is 22.5 Å². The number of aromatic nitrogens is 1. The highest BCUT2D eigenvalue weighted by molar-refractivity contribution is 7.89. The molecule has 3 aromatic rings. The minimum Gasteiger partial charge on any atom is -0.495 e. The topological polar surface area (TPSA) is 111 Å². The van der Waals surface area contributed by atoms with Gasteiger partial charge in [0, 0.05) is 13.5 Å². The molecule has 2 aromatic carbocycles. The number of hydrogen-bond donors (Lipinski definition) is 2. The molecule has 0 aliphatic carbocycles. The van der Waals surface area contributed by atoms with Crippen LogP contribution >= 0.6 is 0 Å². The first kappa shape index (κ1) is 22.5. The molecule has 31 heavy (non-hydrogen) atoms. The number of aryl methyl sites for hydroxylation is 2. The molecule has 1 aromatic heterocycles. The fourth-order valence-corrected chi connectivity index (χ4v) is 4.41. The average Bonchev–Trinajstić information content (AvgIpc) is 3.14. The molecule has 1 heterocycles. The molecule has 0 atom stereocenters. The third kappa shape index (κ3) is 4.95. The maximum Gasteiger partial charge on any atom is 0.244 e. The lowest BCUT2D eigenvalue weighted by atomic mass is 10.0. The minimum absolute atomic E-state index is 0.0156. The van der Waals surface area contributed by atoms with Crippen LogP contribution in [0.3, 0.4) is 0 Å². The summed E-state index contributed by atoms with van der Waals surface area (Å²) in [6, 6.07) is 12.3. The summed E-state index contributed by atoms with van der Waals surface area (Å²) >= 11 is 0. The van der Waals surface area contributed by atoms with Gasteiger partial charge < -0.3 is 9.26 Å². The smallest absolute Gasteiger partial charge is 0.244 e. The molecule has 2 N–H and O–H groups in total.